The fraction of sp³-hybridized carbons (Fsp3) is 0.733. The van der Waals surface area contributed by atoms with Gasteiger partial charge in [-0.05, 0) is 25.2 Å². The van der Waals surface area contributed by atoms with Gasteiger partial charge in [0.15, 0.2) is 0 Å². The van der Waals surface area contributed by atoms with Crippen molar-refractivity contribution in [2.75, 3.05) is 6.54 Å². The molecule has 4 heteroatoms. The zero-order valence-corrected chi connectivity index (χ0v) is 12.5. The molecule has 1 heterocycles. The summed E-state index contributed by atoms with van der Waals surface area (Å²) in [4.78, 5) is 26.3. The Labute approximate surface area is 115 Å². The van der Waals surface area contributed by atoms with Crippen molar-refractivity contribution in [2.45, 2.75) is 53.1 Å². The minimum Gasteiger partial charge on any atom is -0.342 e. The lowest BCUT2D eigenvalue weighted by Crippen LogP contribution is -2.65. The summed E-state index contributed by atoms with van der Waals surface area (Å²) in [5.74, 6) is 6.08. The lowest BCUT2D eigenvalue weighted by Gasteiger charge is -2.40. The van der Waals surface area contributed by atoms with E-state index < -0.39 is 12.1 Å². The number of amides is 2. The van der Waals surface area contributed by atoms with Crippen molar-refractivity contribution in [3.05, 3.63) is 0 Å². The number of piperazine rings is 1. The zero-order chi connectivity index (χ0) is 14.6. The van der Waals surface area contributed by atoms with Crippen LogP contribution in [0.4, 0.5) is 0 Å². The molecule has 1 aliphatic rings. The Hall–Kier alpha value is -1.50. The van der Waals surface area contributed by atoms with E-state index in [0.29, 0.717) is 18.9 Å². The number of nitrogens with zero attached hydrogens (tertiary/aromatic N) is 1. The van der Waals surface area contributed by atoms with Crippen LogP contribution in [0.3, 0.4) is 0 Å². The summed E-state index contributed by atoms with van der Waals surface area (Å²) in [6.07, 6.45) is 0.672. The Morgan fingerprint density at radius 3 is 2.37 bits per heavy atom. The van der Waals surface area contributed by atoms with Gasteiger partial charge in [0.1, 0.15) is 12.1 Å². The first-order chi connectivity index (χ1) is 8.88. The number of carbonyl (C=O) groups is 2. The predicted molar refractivity (Wildman–Crippen MR) is 75.2 cm³/mol. The summed E-state index contributed by atoms with van der Waals surface area (Å²) in [6.45, 7) is 10.1. The largest absolute Gasteiger partial charge is 0.342 e. The van der Waals surface area contributed by atoms with Crippen LogP contribution < -0.4 is 5.32 Å². The van der Waals surface area contributed by atoms with Gasteiger partial charge in [-0.2, -0.15) is 0 Å². The molecule has 0 aromatic rings. The summed E-state index contributed by atoms with van der Waals surface area (Å²) in [7, 11) is 0. The Balaban J connectivity index is 2.96. The summed E-state index contributed by atoms with van der Waals surface area (Å²) in [5, 5.41) is 2.86. The van der Waals surface area contributed by atoms with E-state index in [0.717, 1.165) is 0 Å². The van der Waals surface area contributed by atoms with Gasteiger partial charge in [0, 0.05) is 0 Å². The average molecular weight is 264 g/mol. The second-order valence-electron chi connectivity index (χ2n) is 5.77. The Bertz CT molecular complexity index is 404. The van der Waals surface area contributed by atoms with Crippen LogP contribution in [-0.4, -0.2) is 35.3 Å². The van der Waals surface area contributed by atoms with Crippen LogP contribution in [0.5, 0.6) is 0 Å². The smallest absolute Gasteiger partial charge is 0.246 e. The highest BCUT2D eigenvalue weighted by atomic mass is 16.2. The molecule has 2 unspecified atom stereocenters. The van der Waals surface area contributed by atoms with Gasteiger partial charge in [-0.25, -0.2) is 0 Å². The number of nitrogens with one attached hydrogen (secondary N) is 1. The van der Waals surface area contributed by atoms with Crippen molar-refractivity contribution in [1.29, 1.82) is 0 Å². The minimum atomic E-state index is -0.406. The van der Waals surface area contributed by atoms with Gasteiger partial charge in [0.2, 0.25) is 11.8 Å². The van der Waals surface area contributed by atoms with Crippen molar-refractivity contribution < 1.29 is 9.59 Å². The van der Waals surface area contributed by atoms with E-state index in [-0.39, 0.29) is 17.7 Å². The van der Waals surface area contributed by atoms with Gasteiger partial charge in [-0.3, -0.25) is 9.59 Å². The monoisotopic (exact) mass is 264 g/mol. The molecular weight excluding hydrogens is 240 g/mol. The molecule has 2 atom stereocenters. The van der Waals surface area contributed by atoms with Crippen molar-refractivity contribution in [2.24, 2.45) is 11.8 Å². The SMILES string of the molecule is CC#CCN1C(=O)C(CC(C)C)NC(=O)C1C(C)C. The van der Waals surface area contributed by atoms with Gasteiger partial charge >= 0.3 is 0 Å². The van der Waals surface area contributed by atoms with Crippen molar-refractivity contribution in [3.8, 4) is 11.8 Å². The second-order valence-corrected chi connectivity index (χ2v) is 5.77. The first-order valence-electron chi connectivity index (χ1n) is 6.89. The van der Waals surface area contributed by atoms with Crippen LogP contribution in [0.15, 0.2) is 0 Å². The third kappa shape index (κ3) is 3.73. The quantitative estimate of drug-likeness (QED) is 0.780. The van der Waals surface area contributed by atoms with Crippen molar-refractivity contribution in [1.82, 2.24) is 10.2 Å². The van der Waals surface area contributed by atoms with Crippen LogP contribution in [0.2, 0.25) is 0 Å². The third-order valence-corrected chi connectivity index (χ3v) is 3.27. The molecule has 1 aliphatic heterocycles. The lowest BCUT2D eigenvalue weighted by atomic mass is 9.93. The lowest BCUT2D eigenvalue weighted by molar-refractivity contribution is -0.150. The molecule has 1 fully saturated rings. The predicted octanol–water partition coefficient (Wildman–Crippen LogP) is 1.41. The third-order valence-electron chi connectivity index (χ3n) is 3.27. The number of hydrogen-bond acceptors (Lipinski definition) is 2. The Morgan fingerprint density at radius 2 is 1.89 bits per heavy atom. The molecule has 0 aromatic heterocycles. The summed E-state index contributed by atoms with van der Waals surface area (Å²) < 4.78 is 0. The maximum absolute atomic E-state index is 12.5. The van der Waals surface area contributed by atoms with E-state index in [4.69, 9.17) is 0 Å². The highest BCUT2D eigenvalue weighted by molar-refractivity contribution is 5.97. The van der Waals surface area contributed by atoms with Crippen LogP contribution >= 0.6 is 0 Å². The van der Waals surface area contributed by atoms with Crippen LogP contribution in [0.25, 0.3) is 0 Å². The van der Waals surface area contributed by atoms with E-state index in [1.165, 1.54) is 0 Å². The maximum atomic E-state index is 12.5. The first-order valence-corrected chi connectivity index (χ1v) is 6.89. The molecule has 0 saturated carbocycles. The van der Waals surface area contributed by atoms with E-state index in [9.17, 15) is 9.59 Å². The molecule has 2 amide bonds. The summed E-state index contributed by atoms with van der Waals surface area (Å²) in [6, 6.07) is -0.807. The second kappa shape index (κ2) is 6.60. The highest BCUT2D eigenvalue weighted by Gasteiger charge is 2.41. The van der Waals surface area contributed by atoms with Crippen molar-refractivity contribution in [3.63, 3.8) is 0 Å². The molecule has 0 radical (unpaired) electrons. The van der Waals surface area contributed by atoms with Crippen LogP contribution in [-0.2, 0) is 9.59 Å². The van der Waals surface area contributed by atoms with E-state index >= 15 is 0 Å². The maximum Gasteiger partial charge on any atom is 0.246 e. The standard InChI is InChI=1S/C15H24N2O2/c1-6-7-8-17-13(11(4)5)14(18)16-12(15(17)19)9-10(2)3/h10-13H,8-9H2,1-5H3,(H,16,18). The molecule has 1 saturated heterocycles. The van der Waals surface area contributed by atoms with Crippen LogP contribution in [0, 0.1) is 23.7 Å². The normalized spacial score (nSPS) is 23.4. The fourth-order valence-corrected chi connectivity index (χ4v) is 2.43. The van der Waals surface area contributed by atoms with Gasteiger partial charge in [-0.15, -0.1) is 5.92 Å². The molecule has 0 spiro atoms. The molecule has 0 aromatic carbocycles. The minimum absolute atomic E-state index is 0.00486. The molecule has 106 valence electrons. The Morgan fingerprint density at radius 1 is 1.26 bits per heavy atom. The van der Waals surface area contributed by atoms with E-state index in [1.807, 2.05) is 27.7 Å². The zero-order valence-electron chi connectivity index (χ0n) is 12.5. The molecule has 1 rings (SSSR count). The van der Waals surface area contributed by atoms with Gasteiger partial charge in [0.05, 0.1) is 6.54 Å². The van der Waals surface area contributed by atoms with Gasteiger partial charge in [-0.1, -0.05) is 33.6 Å². The summed E-state index contributed by atoms with van der Waals surface area (Å²) >= 11 is 0. The van der Waals surface area contributed by atoms with Gasteiger partial charge < -0.3 is 10.2 Å². The van der Waals surface area contributed by atoms with Gasteiger partial charge in [0.25, 0.3) is 0 Å². The topological polar surface area (TPSA) is 49.4 Å². The van der Waals surface area contributed by atoms with E-state index in [1.54, 1.807) is 11.8 Å². The number of hydrogen-bond donors (Lipinski definition) is 1. The number of carbonyl (C=O) groups excluding carboxylic acids is 2. The van der Waals surface area contributed by atoms with Crippen LogP contribution in [0.1, 0.15) is 41.0 Å². The Kier molecular flexibility index (Phi) is 5.41. The molecule has 4 nitrogen and oxygen atoms in total. The average Bonchev–Trinajstić information content (AvgIpc) is 2.30. The van der Waals surface area contributed by atoms with E-state index in [2.05, 4.69) is 17.2 Å². The highest BCUT2D eigenvalue weighted by Crippen LogP contribution is 2.20. The van der Waals surface area contributed by atoms with Crippen molar-refractivity contribution >= 4 is 11.8 Å². The summed E-state index contributed by atoms with van der Waals surface area (Å²) in [5.41, 5.74) is 0. The molecule has 19 heavy (non-hydrogen) atoms. The fourth-order valence-electron chi connectivity index (χ4n) is 2.43. The molecular formula is C15H24N2O2. The molecule has 0 aliphatic carbocycles. The first kappa shape index (κ1) is 15.6. The number of rotatable bonds is 4. The molecule has 1 N–H and O–H groups in total. The molecule has 0 bridgehead atoms.